The molecule has 0 aliphatic carbocycles. The molecule has 128 valence electrons. The van der Waals surface area contributed by atoms with Crippen LogP contribution in [-0.2, 0) is 6.42 Å². The van der Waals surface area contributed by atoms with Gasteiger partial charge in [0.15, 0.2) is 0 Å². The first-order chi connectivity index (χ1) is 12.1. The standard InChI is InChI=1S/C19H17BrFN3O/c1-2-3-7-18-23-17-9-8-14(20)11-16(17)19(25)24(18)22-12-13-5-4-6-15(21)10-13/h4-6,8-12H,2-3,7H2,1H3. The quantitative estimate of drug-likeness (QED) is 0.589. The van der Waals surface area contributed by atoms with E-state index < -0.39 is 0 Å². The number of benzene rings is 2. The summed E-state index contributed by atoms with van der Waals surface area (Å²) in [7, 11) is 0. The number of aromatic nitrogens is 2. The third-order valence-corrected chi connectivity index (χ3v) is 4.29. The van der Waals surface area contributed by atoms with Crippen molar-refractivity contribution >= 4 is 33.0 Å². The summed E-state index contributed by atoms with van der Waals surface area (Å²) in [4.78, 5) is 17.5. The first-order valence-electron chi connectivity index (χ1n) is 8.09. The summed E-state index contributed by atoms with van der Waals surface area (Å²) in [6, 6.07) is 11.5. The molecule has 0 radical (unpaired) electrons. The molecule has 4 nitrogen and oxygen atoms in total. The van der Waals surface area contributed by atoms with Crippen molar-refractivity contribution in [2.24, 2.45) is 5.10 Å². The highest BCUT2D eigenvalue weighted by molar-refractivity contribution is 9.10. The number of halogens is 2. The highest BCUT2D eigenvalue weighted by Crippen LogP contribution is 2.16. The molecule has 0 atom stereocenters. The monoisotopic (exact) mass is 401 g/mol. The largest absolute Gasteiger partial charge is 0.282 e. The van der Waals surface area contributed by atoms with Crippen molar-refractivity contribution in [2.45, 2.75) is 26.2 Å². The molecule has 0 amide bonds. The molecule has 6 heteroatoms. The van der Waals surface area contributed by atoms with Gasteiger partial charge in [-0.3, -0.25) is 4.79 Å². The van der Waals surface area contributed by atoms with E-state index in [2.05, 4.69) is 32.9 Å². The molecule has 0 aliphatic rings. The molecule has 0 spiro atoms. The number of aryl methyl sites for hydroxylation is 1. The number of fused-ring (bicyclic) bond motifs is 1. The Balaban J connectivity index is 2.13. The van der Waals surface area contributed by atoms with Gasteiger partial charge in [0, 0.05) is 10.9 Å². The van der Waals surface area contributed by atoms with Crippen LogP contribution in [-0.4, -0.2) is 15.9 Å². The molecule has 0 saturated carbocycles. The van der Waals surface area contributed by atoms with E-state index in [0.717, 1.165) is 17.3 Å². The maximum Gasteiger partial charge on any atom is 0.282 e. The zero-order valence-electron chi connectivity index (χ0n) is 13.7. The van der Waals surface area contributed by atoms with Crippen LogP contribution in [0.15, 0.2) is 56.8 Å². The summed E-state index contributed by atoms with van der Waals surface area (Å²) in [5.74, 6) is 0.261. The van der Waals surface area contributed by atoms with Gasteiger partial charge in [-0.15, -0.1) is 0 Å². The van der Waals surface area contributed by atoms with E-state index in [1.165, 1.54) is 23.0 Å². The summed E-state index contributed by atoms with van der Waals surface area (Å²) in [6.07, 6.45) is 4.02. The maximum absolute atomic E-state index is 13.3. The van der Waals surface area contributed by atoms with Gasteiger partial charge in [-0.1, -0.05) is 41.4 Å². The Kier molecular flexibility index (Phi) is 5.38. The Morgan fingerprint density at radius 1 is 1.28 bits per heavy atom. The zero-order chi connectivity index (χ0) is 17.8. The lowest BCUT2D eigenvalue weighted by molar-refractivity contribution is 0.627. The van der Waals surface area contributed by atoms with Gasteiger partial charge in [0.25, 0.3) is 5.56 Å². The lowest BCUT2D eigenvalue weighted by atomic mass is 10.2. The van der Waals surface area contributed by atoms with Crippen LogP contribution in [0.3, 0.4) is 0 Å². The number of hydrogen-bond donors (Lipinski definition) is 0. The van der Waals surface area contributed by atoms with E-state index in [1.807, 2.05) is 12.1 Å². The van der Waals surface area contributed by atoms with Gasteiger partial charge < -0.3 is 0 Å². The van der Waals surface area contributed by atoms with Crippen molar-refractivity contribution < 1.29 is 4.39 Å². The highest BCUT2D eigenvalue weighted by Gasteiger charge is 2.10. The van der Waals surface area contributed by atoms with Crippen molar-refractivity contribution in [3.05, 3.63) is 74.5 Å². The predicted molar refractivity (Wildman–Crippen MR) is 102 cm³/mol. The van der Waals surface area contributed by atoms with Gasteiger partial charge in [-0.25, -0.2) is 9.37 Å². The van der Waals surface area contributed by atoms with E-state index >= 15 is 0 Å². The molecule has 1 aromatic heterocycles. The SMILES string of the molecule is CCCCc1nc2ccc(Br)cc2c(=O)n1N=Cc1cccc(F)c1. The van der Waals surface area contributed by atoms with Gasteiger partial charge in [0.1, 0.15) is 11.6 Å². The Bertz CT molecular complexity index is 998. The third-order valence-electron chi connectivity index (χ3n) is 3.80. The lowest BCUT2D eigenvalue weighted by Crippen LogP contribution is -2.22. The number of hydrogen-bond acceptors (Lipinski definition) is 3. The molecule has 0 unspecified atom stereocenters. The molecule has 1 heterocycles. The fourth-order valence-electron chi connectivity index (χ4n) is 2.52. The van der Waals surface area contributed by atoms with Gasteiger partial charge in [0.2, 0.25) is 0 Å². The summed E-state index contributed by atoms with van der Waals surface area (Å²) in [6.45, 7) is 2.08. The van der Waals surface area contributed by atoms with Crippen molar-refractivity contribution in [3.8, 4) is 0 Å². The lowest BCUT2D eigenvalue weighted by Gasteiger charge is -2.09. The van der Waals surface area contributed by atoms with E-state index in [9.17, 15) is 9.18 Å². The molecular formula is C19H17BrFN3O. The summed E-state index contributed by atoms with van der Waals surface area (Å²) >= 11 is 3.38. The first kappa shape index (κ1) is 17.5. The smallest absolute Gasteiger partial charge is 0.267 e. The minimum Gasteiger partial charge on any atom is -0.267 e. The van der Waals surface area contributed by atoms with Gasteiger partial charge in [-0.05, 0) is 42.3 Å². The fourth-order valence-corrected chi connectivity index (χ4v) is 2.88. The van der Waals surface area contributed by atoms with Gasteiger partial charge in [0.05, 0.1) is 17.1 Å². The van der Waals surface area contributed by atoms with Crippen molar-refractivity contribution in [2.75, 3.05) is 0 Å². The molecule has 3 aromatic rings. The van der Waals surface area contributed by atoms with Crippen LogP contribution in [0.2, 0.25) is 0 Å². The Morgan fingerprint density at radius 3 is 2.88 bits per heavy atom. The minimum absolute atomic E-state index is 0.231. The van der Waals surface area contributed by atoms with E-state index in [-0.39, 0.29) is 11.4 Å². The van der Waals surface area contributed by atoms with Crippen molar-refractivity contribution in [1.82, 2.24) is 9.66 Å². The van der Waals surface area contributed by atoms with Crippen LogP contribution in [0.5, 0.6) is 0 Å². The fraction of sp³-hybridized carbons (Fsp3) is 0.211. The summed E-state index contributed by atoms with van der Waals surface area (Å²) < 4.78 is 15.4. The zero-order valence-corrected chi connectivity index (χ0v) is 15.3. The molecular weight excluding hydrogens is 385 g/mol. The van der Waals surface area contributed by atoms with Crippen LogP contribution in [0, 0.1) is 5.82 Å². The third kappa shape index (κ3) is 4.02. The second-order valence-corrected chi connectivity index (χ2v) is 6.63. The van der Waals surface area contributed by atoms with Crippen LogP contribution >= 0.6 is 15.9 Å². The molecule has 0 saturated heterocycles. The summed E-state index contributed by atoms with van der Waals surface area (Å²) in [5, 5.41) is 4.78. The Morgan fingerprint density at radius 2 is 2.12 bits per heavy atom. The second-order valence-electron chi connectivity index (χ2n) is 5.71. The minimum atomic E-state index is -0.344. The number of nitrogens with zero attached hydrogens (tertiary/aromatic N) is 3. The average molecular weight is 402 g/mol. The normalized spacial score (nSPS) is 11.5. The number of unbranched alkanes of at least 4 members (excludes halogenated alkanes) is 1. The average Bonchev–Trinajstić information content (AvgIpc) is 2.60. The van der Waals surface area contributed by atoms with Crippen LogP contribution in [0.1, 0.15) is 31.2 Å². The highest BCUT2D eigenvalue weighted by atomic mass is 79.9. The molecule has 3 rings (SSSR count). The van der Waals surface area contributed by atoms with Gasteiger partial charge >= 0.3 is 0 Å². The Hall–Kier alpha value is -2.34. The Labute approximate surface area is 153 Å². The summed E-state index contributed by atoms with van der Waals surface area (Å²) in [5.41, 5.74) is 1.00. The van der Waals surface area contributed by atoms with Crippen LogP contribution < -0.4 is 5.56 Å². The number of rotatable bonds is 5. The molecule has 0 N–H and O–H groups in total. The molecule has 0 aliphatic heterocycles. The topological polar surface area (TPSA) is 47.2 Å². The first-order valence-corrected chi connectivity index (χ1v) is 8.89. The molecule has 0 bridgehead atoms. The van der Waals surface area contributed by atoms with E-state index in [4.69, 9.17) is 0 Å². The molecule has 2 aromatic carbocycles. The van der Waals surface area contributed by atoms with Crippen LogP contribution in [0.25, 0.3) is 10.9 Å². The molecule has 25 heavy (non-hydrogen) atoms. The van der Waals surface area contributed by atoms with E-state index in [0.29, 0.717) is 28.7 Å². The van der Waals surface area contributed by atoms with Gasteiger partial charge in [-0.2, -0.15) is 9.78 Å². The van der Waals surface area contributed by atoms with Crippen molar-refractivity contribution in [3.63, 3.8) is 0 Å². The van der Waals surface area contributed by atoms with Crippen molar-refractivity contribution in [1.29, 1.82) is 0 Å². The second kappa shape index (κ2) is 7.70. The maximum atomic E-state index is 13.3. The molecule has 0 fully saturated rings. The van der Waals surface area contributed by atoms with E-state index in [1.54, 1.807) is 18.2 Å². The predicted octanol–water partition coefficient (Wildman–Crippen LogP) is 4.52. The van der Waals surface area contributed by atoms with Crippen LogP contribution in [0.4, 0.5) is 4.39 Å².